The molecule has 0 aliphatic carbocycles. The molecule has 1 atom stereocenters. The van der Waals surface area contributed by atoms with Gasteiger partial charge in [-0.15, -0.1) is 0 Å². The zero-order chi connectivity index (χ0) is 17.6. The van der Waals surface area contributed by atoms with E-state index in [-0.39, 0.29) is 36.1 Å². The summed E-state index contributed by atoms with van der Waals surface area (Å²) in [5.41, 5.74) is 1.56. The SMILES string of the molecule is CC(C)(CO)CNC(=O)C[C@H](c1ccccc1)c1ccc(F)cc1. The first-order valence-electron chi connectivity index (χ1n) is 8.09. The number of hydrogen-bond donors (Lipinski definition) is 2. The minimum Gasteiger partial charge on any atom is -0.396 e. The molecule has 2 N–H and O–H groups in total. The molecule has 0 bridgehead atoms. The Morgan fingerprint density at radius 1 is 1.08 bits per heavy atom. The Hall–Kier alpha value is -2.20. The molecule has 0 unspecified atom stereocenters. The lowest BCUT2D eigenvalue weighted by molar-refractivity contribution is -0.121. The van der Waals surface area contributed by atoms with Gasteiger partial charge in [-0.05, 0) is 23.3 Å². The molecule has 0 saturated heterocycles. The molecule has 2 aromatic carbocycles. The molecule has 0 spiro atoms. The van der Waals surface area contributed by atoms with Gasteiger partial charge in [0.2, 0.25) is 5.91 Å². The van der Waals surface area contributed by atoms with Crippen LogP contribution in [0.2, 0.25) is 0 Å². The second kappa shape index (κ2) is 8.06. The van der Waals surface area contributed by atoms with Crippen molar-refractivity contribution >= 4 is 5.91 Å². The number of nitrogens with one attached hydrogen (secondary N) is 1. The maximum Gasteiger partial charge on any atom is 0.220 e. The molecule has 0 aliphatic rings. The van der Waals surface area contributed by atoms with E-state index in [1.807, 2.05) is 44.2 Å². The Bertz CT molecular complexity index is 653. The highest BCUT2D eigenvalue weighted by Gasteiger charge is 2.21. The molecular formula is C20H24FNO2. The summed E-state index contributed by atoms with van der Waals surface area (Å²) in [5.74, 6) is -0.515. The van der Waals surface area contributed by atoms with E-state index < -0.39 is 0 Å². The third-order valence-corrected chi connectivity index (χ3v) is 4.06. The number of carbonyl (C=O) groups is 1. The fourth-order valence-electron chi connectivity index (χ4n) is 2.46. The van der Waals surface area contributed by atoms with Gasteiger partial charge in [0.05, 0.1) is 0 Å². The van der Waals surface area contributed by atoms with Gasteiger partial charge in [0.25, 0.3) is 0 Å². The zero-order valence-corrected chi connectivity index (χ0v) is 14.1. The van der Waals surface area contributed by atoms with E-state index in [1.165, 1.54) is 12.1 Å². The van der Waals surface area contributed by atoms with Gasteiger partial charge in [-0.2, -0.15) is 0 Å². The number of aliphatic hydroxyl groups excluding tert-OH is 1. The minimum atomic E-state index is -0.353. The molecule has 2 rings (SSSR count). The first-order chi connectivity index (χ1) is 11.4. The molecule has 128 valence electrons. The highest BCUT2D eigenvalue weighted by Crippen LogP contribution is 2.28. The van der Waals surface area contributed by atoms with Gasteiger partial charge in [-0.1, -0.05) is 56.3 Å². The summed E-state index contributed by atoms with van der Waals surface area (Å²) in [7, 11) is 0. The molecule has 4 heteroatoms. The van der Waals surface area contributed by atoms with Gasteiger partial charge in [0, 0.05) is 30.9 Å². The van der Waals surface area contributed by atoms with Crippen molar-refractivity contribution in [3.63, 3.8) is 0 Å². The number of benzene rings is 2. The quantitative estimate of drug-likeness (QED) is 0.817. The normalized spacial score (nSPS) is 12.7. The number of carbonyl (C=O) groups excluding carboxylic acids is 1. The van der Waals surface area contributed by atoms with E-state index in [0.29, 0.717) is 6.54 Å². The van der Waals surface area contributed by atoms with Crippen LogP contribution >= 0.6 is 0 Å². The first-order valence-corrected chi connectivity index (χ1v) is 8.09. The van der Waals surface area contributed by atoms with Crippen LogP contribution in [0.25, 0.3) is 0 Å². The molecule has 0 saturated carbocycles. The van der Waals surface area contributed by atoms with E-state index in [0.717, 1.165) is 11.1 Å². The summed E-state index contributed by atoms with van der Waals surface area (Å²) in [6.45, 7) is 4.20. The average Bonchev–Trinajstić information content (AvgIpc) is 2.60. The van der Waals surface area contributed by atoms with Crippen LogP contribution in [0.1, 0.15) is 37.3 Å². The van der Waals surface area contributed by atoms with Crippen molar-refractivity contribution in [2.24, 2.45) is 5.41 Å². The van der Waals surface area contributed by atoms with Crippen LogP contribution in [0, 0.1) is 11.2 Å². The van der Waals surface area contributed by atoms with E-state index in [9.17, 15) is 14.3 Å². The molecule has 0 heterocycles. The summed E-state index contributed by atoms with van der Waals surface area (Å²) in [5, 5.41) is 12.2. The number of halogens is 1. The summed E-state index contributed by atoms with van der Waals surface area (Å²) < 4.78 is 13.2. The second-order valence-electron chi connectivity index (χ2n) is 6.82. The van der Waals surface area contributed by atoms with Gasteiger partial charge in [-0.25, -0.2) is 4.39 Å². The minimum absolute atomic E-state index is 0.00730. The van der Waals surface area contributed by atoms with Crippen LogP contribution < -0.4 is 5.32 Å². The predicted octanol–water partition coefficient (Wildman–Crippen LogP) is 3.48. The predicted molar refractivity (Wildman–Crippen MR) is 93.2 cm³/mol. The highest BCUT2D eigenvalue weighted by molar-refractivity contribution is 5.77. The van der Waals surface area contributed by atoms with Gasteiger partial charge in [0.1, 0.15) is 5.82 Å². The number of aliphatic hydroxyl groups is 1. The summed E-state index contributed by atoms with van der Waals surface area (Å²) in [6, 6.07) is 16.0. The third-order valence-electron chi connectivity index (χ3n) is 4.06. The Morgan fingerprint density at radius 3 is 2.25 bits per heavy atom. The second-order valence-corrected chi connectivity index (χ2v) is 6.82. The van der Waals surface area contributed by atoms with Gasteiger partial charge in [-0.3, -0.25) is 4.79 Å². The lowest BCUT2D eigenvalue weighted by Gasteiger charge is -2.23. The largest absolute Gasteiger partial charge is 0.396 e. The third kappa shape index (κ3) is 5.17. The standard InChI is InChI=1S/C20H24FNO2/c1-20(2,14-23)13-22-19(24)12-18(15-6-4-3-5-7-15)16-8-10-17(21)11-9-16/h3-11,18,23H,12-14H2,1-2H3,(H,22,24)/t18-/m1/s1. The van der Waals surface area contributed by atoms with E-state index in [4.69, 9.17) is 0 Å². The Morgan fingerprint density at radius 2 is 1.67 bits per heavy atom. The van der Waals surface area contributed by atoms with Crippen LogP contribution in [0.4, 0.5) is 4.39 Å². The highest BCUT2D eigenvalue weighted by atomic mass is 19.1. The molecular weight excluding hydrogens is 305 g/mol. The summed E-state index contributed by atoms with van der Waals surface area (Å²) in [4.78, 5) is 12.4. The first kappa shape index (κ1) is 18.1. The molecule has 1 amide bonds. The molecule has 2 aromatic rings. The molecule has 24 heavy (non-hydrogen) atoms. The van der Waals surface area contributed by atoms with Crippen molar-refractivity contribution in [2.45, 2.75) is 26.2 Å². The number of amides is 1. The Balaban J connectivity index is 2.15. The molecule has 0 aromatic heterocycles. The monoisotopic (exact) mass is 329 g/mol. The van der Waals surface area contributed by atoms with Gasteiger partial charge < -0.3 is 10.4 Å². The molecule has 0 aliphatic heterocycles. The molecule has 0 fully saturated rings. The number of hydrogen-bond acceptors (Lipinski definition) is 2. The summed E-state index contributed by atoms with van der Waals surface area (Å²) in [6.07, 6.45) is 0.275. The van der Waals surface area contributed by atoms with Crippen LogP contribution in [-0.2, 0) is 4.79 Å². The maximum absolute atomic E-state index is 13.2. The fraction of sp³-hybridized carbons (Fsp3) is 0.350. The van der Waals surface area contributed by atoms with Crippen molar-refractivity contribution < 1.29 is 14.3 Å². The van der Waals surface area contributed by atoms with Crippen LogP contribution in [-0.4, -0.2) is 24.2 Å². The van der Waals surface area contributed by atoms with Crippen LogP contribution in [0.15, 0.2) is 54.6 Å². The van der Waals surface area contributed by atoms with E-state index in [1.54, 1.807) is 12.1 Å². The summed E-state index contributed by atoms with van der Waals surface area (Å²) >= 11 is 0. The Labute approximate surface area is 142 Å². The topological polar surface area (TPSA) is 49.3 Å². The number of rotatable bonds is 7. The van der Waals surface area contributed by atoms with Crippen molar-refractivity contribution in [1.29, 1.82) is 0 Å². The zero-order valence-electron chi connectivity index (χ0n) is 14.1. The molecule has 0 radical (unpaired) electrons. The lowest BCUT2D eigenvalue weighted by Crippen LogP contribution is -2.36. The lowest BCUT2D eigenvalue weighted by atomic mass is 9.88. The molecule has 3 nitrogen and oxygen atoms in total. The van der Waals surface area contributed by atoms with Crippen molar-refractivity contribution in [1.82, 2.24) is 5.32 Å². The van der Waals surface area contributed by atoms with E-state index >= 15 is 0 Å². The van der Waals surface area contributed by atoms with Crippen molar-refractivity contribution in [3.05, 3.63) is 71.5 Å². The van der Waals surface area contributed by atoms with E-state index in [2.05, 4.69) is 5.32 Å². The smallest absolute Gasteiger partial charge is 0.220 e. The Kier molecular flexibility index (Phi) is 6.10. The van der Waals surface area contributed by atoms with Crippen LogP contribution in [0.5, 0.6) is 0 Å². The van der Waals surface area contributed by atoms with Crippen molar-refractivity contribution in [2.75, 3.05) is 13.2 Å². The van der Waals surface area contributed by atoms with Crippen molar-refractivity contribution in [3.8, 4) is 0 Å². The van der Waals surface area contributed by atoms with Gasteiger partial charge >= 0.3 is 0 Å². The van der Waals surface area contributed by atoms with Gasteiger partial charge in [0.15, 0.2) is 0 Å². The fourth-order valence-corrected chi connectivity index (χ4v) is 2.46. The maximum atomic E-state index is 13.2. The average molecular weight is 329 g/mol. The van der Waals surface area contributed by atoms with Crippen LogP contribution in [0.3, 0.4) is 0 Å².